The van der Waals surface area contributed by atoms with Crippen LogP contribution in [-0.4, -0.2) is 24.6 Å². The fraction of sp³-hybridized carbons (Fsp3) is 0. The van der Waals surface area contributed by atoms with Gasteiger partial charge in [-0.25, -0.2) is 9.97 Å². The van der Waals surface area contributed by atoms with Crippen molar-refractivity contribution in [1.29, 1.82) is 5.26 Å². The SMILES string of the molecule is N#Cc1ccc(-c2cn[nH]c2)c(-c2ccn3ccnc3c2)n1. The molecule has 0 fully saturated rings. The molecule has 0 radical (unpaired) electrons. The Bertz CT molecular complexity index is 991. The van der Waals surface area contributed by atoms with Crippen LogP contribution < -0.4 is 0 Å². The standard InChI is InChI=1S/C16H10N6/c17-8-13-1-2-14(12-9-19-20-10-12)16(21-13)11-3-5-22-6-4-18-15(22)7-11/h1-7,9-10H,(H,19,20). The molecule has 104 valence electrons. The molecule has 4 heterocycles. The van der Waals surface area contributed by atoms with Gasteiger partial charge in [-0.3, -0.25) is 5.10 Å². The minimum absolute atomic E-state index is 0.380. The summed E-state index contributed by atoms with van der Waals surface area (Å²) < 4.78 is 1.93. The Balaban J connectivity index is 1.97. The summed E-state index contributed by atoms with van der Waals surface area (Å²) in [5, 5.41) is 15.9. The van der Waals surface area contributed by atoms with Gasteiger partial charge in [0, 0.05) is 41.5 Å². The second-order valence-electron chi connectivity index (χ2n) is 4.80. The Kier molecular flexibility index (Phi) is 2.70. The number of pyridine rings is 2. The molecule has 0 atom stereocenters. The van der Waals surface area contributed by atoms with Crippen LogP contribution in [0.2, 0.25) is 0 Å². The maximum atomic E-state index is 9.12. The van der Waals surface area contributed by atoms with E-state index >= 15 is 0 Å². The summed E-state index contributed by atoms with van der Waals surface area (Å²) in [5.74, 6) is 0. The van der Waals surface area contributed by atoms with Crippen LogP contribution in [0.1, 0.15) is 5.69 Å². The van der Waals surface area contributed by atoms with Gasteiger partial charge in [0.2, 0.25) is 0 Å². The molecular formula is C16H10N6. The number of nitrogens with zero attached hydrogens (tertiary/aromatic N) is 5. The summed E-state index contributed by atoms with van der Waals surface area (Å²) in [6.07, 6.45) is 9.10. The number of nitrogens with one attached hydrogen (secondary N) is 1. The third-order valence-corrected chi connectivity index (χ3v) is 3.49. The zero-order valence-corrected chi connectivity index (χ0v) is 11.4. The van der Waals surface area contributed by atoms with E-state index in [1.807, 2.05) is 35.0 Å². The first-order valence-electron chi connectivity index (χ1n) is 6.68. The van der Waals surface area contributed by atoms with E-state index in [0.717, 1.165) is 28.0 Å². The highest BCUT2D eigenvalue weighted by Gasteiger charge is 2.12. The number of hydrogen-bond donors (Lipinski definition) is 1. The summed E-state index contributed by atoms with van der Waals surface area (Å²) in [6, 6.07) is 9.60. The molecule has 6 heteroatoms. The number of imidazole rings is 1. The molecule has 4 aromatic rings. The Morgan fingerprint density at radius 3 is 2.91 bits per heavy atom. The first kappa shape index (κ1) is 12.3. The van der Waals surface area contributed by atoms with Gasteiger partial charge in [-0.1, -0.05) is 0 Å². The van der Waals surface area contributed by atoms with E-state index in [4.69, 9.17) is 5.26 Å². The number of H-pyrrole nitrogens is 1. The van der Waals surface area contributed by atoms with E-state index in [1.54, 1.807) is 24.7 Å². The summed E-state index contributed by atoms with van der Waals surface area (Å²) in [6.45, 7) is 0. The molecule has 0 bridgehead atoms. The molecule has 0 aliphatic carbocycles. The highest BCUT2D eigenvalue weighted by molar-refractivity contribution is 5.81. The van der Waals surface area contributed by atoms with Crippen LogP contribution in [0, 0.1) is 11.3 Å². The lowest BCUT2D eigenvalue weighted by Crippen LogP contribution is -1.93. The Morgan fingerprint density at radius 1 is 1.14 bits per heavy atom. The molecule has 4 rings (SSSR count). The minimum atomic E-state index is 0.380. The average molecular weight is 286 g/mol. The predicted molar refractivity (Wildman–Crippen MR) is 80.7 cm³/mol. The third kappa shape index (κ3) is 1.93. The molecule has 0 saturated heterocycles. The largest absolute Gasteiger partial charge is 0.307 e. The lowest BCUT2D eigenvalue weighted by molar-refractivity contribution is 1.09. The van der Waals surface area contributed by atoms with Gasteiger partial charge in [-0.2, -0.15) is 10.4 Å². The van der Waals surface area contributed by atoms with Crippen molar-refractivity contribution < 1.29 is 0 Å². The Morgan fingerprint density at radius 2 is 2.09 bits per heavy atom. The number of aromatic nitrogens is 5. The number of aromatic amines is 1. The van der Waals surface area contributed by atoms with Crippen molar-refractivity contribution in [2.45, 2.75) is 0 Å². The van der Waals surface area contributed by atoms with Crippen LogP contribution in [0.3, 0.4) is 0 Å². The Hall–Kier alpha value is -3.46. The van der Waals surface area contributed by atoms with Crippen molar-refractivity contribution in [3.8, 4) is 28.5 Å². The minimum Gasteiger partial charge on any atom is -0.307 e. The van der Waals surface area contributed by atoms with E-state index in [0.29, 0.717) is 5.69 Å². The van der Waals surface area contributed by atoms with Crippen molar-refractivity contribution in [3.63, 3.8) is 0 Å². The summed E-state index contributed by atoms with van der Waals surface area (Å²) >= 11 is 0. The molecule has 0 spiro atoms. The molecule has 6 nitrogen and oxygen atoms in total. The topological polar surface area (TPSA) is 82.7 Å². The molecule has 0 aliphatic rings. The smallest absolute Gasteiger partial charge is 0.141 e. The van der Waals surface area contributed by atoms with Crippen LogP contribution in [0.4, 0.5) is 0 Å². The van der Waals surface area contributed by atoms with Crippen LogP contribution in [0.5, 0.6) is 0 Å². The van der Waals surface area contributed by atoms with Crippen LogP contribution in [0.25, 0.3) is 28.0 Å². The highest BCUT2D eigenvalue weighted by atomic mass is 15.1. The molecule has 0 unspecified atom stereocenters. The fourth-order valence-electron chi connectivity index (χ4n) is 2.43. The zero-order chi connectivity index (χ0) is 14.9. The molecular weight excluding hydrogens is 276 g/mol. The summed E-state index contributed by atoms with van der Waals surface area (Å²) in [7, 11) is 0. The zero-order valence-electron chi connectivity index (χ0n) is 11.4. The molecule has 0 aromatic carbocycles. The summed E-state index contributed by atoms with van der Waals surface area (Å²) in [4.78, 5) is 8.76. The molecule has 1 N–H and O–H groups in total. The van der Waals surface area contributed by atoms with Crippen molar-refractivity contribution in [1.82, 2.24) is 24.6 Å². The van der Waals surface area contributed by atoms with Gasteiger partial charge in [-0.05, 0) is 24.3 Å². The first-order valence-corrected chi connectivity index (χ1v) is 6.68. The van der Waals surface area contributed by atoms with Gasteiger partial charge >= 0.3 is 0 Å². The van der Waals surface area contributed by atoms with Gasteiger partial charge in [0.25, 0.3) is 0 Å². The average Bonchev–Trinajstić information content (AvgIpc) is 3.24. The molecule has 0 amide bonds. The fourth-order valence-corrected chi connectivity index (χ4v) is 2.43. The predicted octanol–water partition coefficient (Wildman–Crippen LogP) is 2.66. The van der Waals surface area contributed by atoms with E-state index < -0.39 is 0 Å². The first-order chi connectivity index (χ1) is 10.8. The monoisotopic (exact) mass is 286 g/mol. The van der Waals surface area contributed by atoms with Crippen LogP contribution in [0.15, 0.2) is 55.2 Å². The summed E-state index contributed by atoms with van der Waals surface area (Å²) in [5.41, 5.74) is 4.71. The number of rotatable bonds is 2. The lowest BCUT2D eigenvalue weighted by atomic mass is 10.0. The highest BCUT2D eigenvalue weighted by Crippen LogP contribution is 2.30. The van der Waals surface area contributed by atoms with Gasteiger partial charge in [0.1, 0.15) is 17.4 Å². The van der Waals surface area contributed by atoms with Crippen molar-refractivity contribution in [3.05, 3.63) is 60.9 Å². The third-order valence-electron chi connectivity index (χ3n) is 3.49. The van der Waals surface area contributed by atoms with Crippen molar-refractivity contribution >= 4 is 5.65 Å². The second-order valence-corrected chi connectivity index (χ2v) is 4.80. The van der Waals surface area contributed by atoms with Crippen molar-refractivity contribution in [2.24, 2.45) is 0 Å². The normalized spacial score (nSPS) is 10.7. The number of fused-ring (bicyclic) bond motifs is 1. The van der Waals surface area contributed by atoms with Gasteiger partial charge in [0.05, 0.1) is 11.9 Å². The van der Waals surface area contributed by atoms with Gasteiger partial charge in [-0.15, -0.1) is 0 Å². The van der Waals surface area contributed by atoms with E-state index in [2.05, 4.69) is 26.2 Å². The molecule has 0 aliphatic heterocycles. The second kappa shape index (κ2) is 4.82. The maximum absolute atomic E-state index is 9.12. The van der Waals surface area contributed by atoms with Gasteiger partial charge < -0.3 is 4.40 Å². The maximum Gasteiger partial charge on any atom is 0.141 e. The van der Waals surface area contributed by atoms with E-state index in [9.17, 15) is 0 Å². The van der Waals surface area contributed by atoms with Crippen LogP contribution >= 0.6 is 0 Å². The van der Waals surface area contributed by atoms with E-state index in [-0.39, 0.29) is 0 Å². The van der Waals surface area contributed by atoms with E-state index in [1.165, 1.54) is 0 Å². The number of nitriles is 1. The van der Waals surface area contributed by atoms with Crippen LogP contribution in [-0.2, 0) is 0 Å². The lowest BCUT2D eigenvalue weighted by Gasteiger charge is -2.08. The number of hydrogen-bond acceptors (Lipinski definition) is 4. The molecule has 0 saturated carbocycles. The Labute approximate surface area is 125 Å². The van der Waals surface area contributed by atoms with Crippen molar-refractivity contribution in [2.75, 3.05) is 0 Å². The quantitative estimate of drug-likeness (QED) is 0.614. The molecule has 4 aromatic heterocycles. The van der Waals surface area contributed by atoms with Gasteiger partial charge in [0.15, 0.2) is 0 Å². The molecule has 22 heavy (non-hydrogen) atoms.